The van der Waals surface area contributed by atoms with Crippen molar-refractivity contribution in [1.82, 2.24) is 10.3 Å². The Hall–Kier alpha value is -3.01. The summed E-state index contributed by atoms with van der Waals surface area (Å²) in [6.07, 6.45) is 8.30. The standard InChI is InChI=1S/C26H30N2O2/c1-18(19-12-14-21(15-13-19)20-8-4-3-5-9-20)28-26(29)24-17-27-16-23(24)22-10-6-7-11-25(22)30-2/h3-11,16-19,21,27H,12-15H2,1-2H3,(H,28,29). The Morgan fingerprint density at radius 2 is 1.67 bits per heavy atom. The highest BCUT2D eigenvalue weighted by atomic mass is 16.5. The number of carbonyl (C=O) groups excluding carboxylic acids is 1. The van der Waals surface area contributed by atoms with Gasteiger partial charge < -0.3 is 15.0 Å². The van der Waals surface area contributed by atoms with E-state index >= 15 is 0 Å². The molecular weight excluding hydrogens is 372 g/mol. The van der Waals surface area contributed by atoms with E-state index in [9.17, 15) is 4.79 Å². The quantitative estimate of drug-likeness (QED) is 0.549. The molecule has 1 aromatic heterocycles. The lowest BCUT2D eigenvalue weighted by molar-refractivity contribution is 0.0918. The predicted molar refractivity (Wildman–Crippen MR) is 121 cm³/mol. The van der Waals surface area contributed by atoms with Gasteiger partial charge in [-0.15, -0.1) is 0 Å². The Bertz CT molecular complexity index is 971. The molecule has 1 aliphatic carbocycles. The summed E-state index contributed by atoms with van der Waals surface area (Å²) in [4.78, 5) is 16.2. The maximum absolute atomic E-state index is 13.1. The van der Waals surface area contributed by atoms with E-state index in [4.69, 9.17) is 4.74 Å². The van der Waals surface area contributed by atoms with Crippen LogP contribution in [-0.4, -0.2) is 24.0 Å². The maximum Gasteiger partial charge on any atom is 0.253 e. The molecule has 0 radical (unpaired) electrons. The smallest absolute Gasteiger partial charge is 0.253 e. The highest BCUT2D eigenvalue weighted by Gasteiger charge is 2.27. The third-order valence-corrected chi connectivity index (χ3v) is 6.50. The summed E-state index contributed by atoms with van der Waals surface area (Å²) in [5.74, 6) is 1.89. The Morgan fingerprint density at radius 1 is 0.967 bits per heavy atom. The van der Waals surface area contributed by atoms with Gasteiger partial charge in [0.2, 0.25) is 0 Å². The fourth-order valence-electron chi connectivity index (χ4n) is 4.72. The molecule has 1 heterocycles. The van der Waals surface area contributed by atoms with Gasteiger partial charge in [0.1, 0.15) is 5.75 Å². The van der Waals surface area contributed by atoms with E-state index in [2.05, 4.69) is 47.6 Å². The molecular formula is C26H30N2O2. The second kappa shape index (κ2) is 9.21. The van der Waals surface area contributed by atoms with Crippen LogP contribution in [0.1, 0.15) is 54.4 Å². The van der Waals surface area contributed by atoms with Crippen LogP contribution in [0.25, 0.3) is 11.1 Å². The Labute approximate surface area is 178 Å². The topological polar surface area (TPSA) is 54.1 Å². The predicted octanol–water partition coefficient (Wildman–Crippen LogP) is 5.78. The lowest BCUT2D eigenvalue weighted by Crippen LogP contribution is -2.39. The van der Waals surface area contributed by atoms with Crippen molar-refractivity contribution >= 4 is 5.91 Å². The first-order valence-corrected chi connectivity index (χ1v) is 10.8. The van der Waals surface area contributed by atoms with E-state index in [1.807, 2.05) is 30.5 Å². The van der Waals surface area contributed by atoms with Gasteiger partial charge in [-0.25, -0.2) is 0 Å². The van der Waals surface area contributed by atoms with Crippen LogP contribution in [0.4, 0.5) is 0 Å². The van der Waals surface area contributed by atoms with Gasteiger partial charge in [0.15, 0.2) is 0 Å². The zero-order chi connectivity index (χ0) is 20.9. The molecule has 30 heavy (non-hydrogen) atoms. The number of carbonyl (C=O) groups is 1. The number of methoxy groups -OCH3 is 1. The zero-order valence-corrected chi connectivity index (χ0v) is 17.7. The number of hydrogen-bond donors (Lipinski definition) is 2. The van der Waals surface area contributed by atoms with E-state index in [-0.39, 0.29) is 11.9 Å². The van der Waals surface area contributed by atoms with Crippen molar-refractivity contribution < 1.29 is 9.53 Å². The first kappa shape index (κ1) is 20.3. The van der Waals surface area contributed by atoms with Crippen LogP contribution in [-0.2, 0) is 0 Å². The molecule has 1 atom stereocenters. The monoisotopic (exact) mass is 402 g/mol. The van der Waals surface area contributed by atoms with Gasteiger partial charge in [-0.1, -0.05) is 48.5 Å². The number of benzene rings is 2. The lowest BCUT2D eigenvalue weighted by Gasteiger charge is -2.33. The van der Waals surface area contributed by atoms with E-state index in [1.165, 1.54) is 18.4 Å². The molecule has 0 aliphatic heterocycles. The summed E-state index contributed by atoms with van der Waals surface area (Å²) in [6, 6.07) is 18.7. The van der Waals surface area contributed by atoms with E-state index < -0.39 is 0 Å². The number of para-hydroxylation sites is 1. The number of rotatable bonds is 6. The van der Waals surface area contributed by atoms with Crippen molar-refractivity contribution in [3.63, 3.8) is 0 Å². The van der Waals surface area contributed by atoms with E-state index in [0.29, 0.717) is 17.4 Å². The van der Waals surface area contributed by atoms with E-state index in [1.54, 1.807) is 13.3 Å². The molecule has 2 aromatic carbocycles. The number of amides is 1. The van der Waals surface area contributed by atoms with Crippen LogP contribution in [0.3, 0.4) is 0 Å². The van der Waals surface area contributed by atoms with Crippen molar-refractivity contribution in [2.45, 2.75) is 44.6 Å². The molecule has 0 spiro atoms. The molecule has 156 valence electrons. The van der Waals surface area contributed by atoms with Gasteiger partial charge in [0, 0.05) is 29.6 Å². The molecule has 4 nitrogen and oxygen atoms in total. The fourth-order valence-corrected chi connectivity index (χ4v) is 4.72. The second-order valence-electron chi connectivity index (χ2n) is 8.27. The summed E-state index contributed by atoms with van der Waals surface area (Å²) < 4.78 is 5.48. The average molecular weight is 403 g/mol. The van der Waals surface area contributed by atoms with Crippen molar-refractivity contribution in [3.8, 4) is 16.9 Å². The Morgan fingerprint density at radius 3 is 2.40 bits per heavy atom. The third kappa shape index (κ3) is 4.28. The fraction of sp³-hybridized carbons (Fsp3) is 0.346. The minimum absolute atomic E-state index is 0.0326. The van der Waals surface area contributed by atoms with Gasteiger partial charge in [-0.05, 0) is 56.1 Å². The number of H-pyrrole nitrogens is 1. The molecule has 1 saturated carbocycles. The van der Waals surface area contributed by atoms with Crippen molar-refractivity contribution in [2.24, 2.45) is 5.92 Å². The number of nitrogens with one attached hydrogen (secondary N) is 2. The number of aromatic amines is 1. The molecule has 4 heteroatoms. The highest BCUT2D eigenvalue weighted by Crippen LogP contribution is 2.37. The van der Waals surface area contributed by atoms with Crippen molar-refractivity contribution in [3.05, 3.63) is 78.1 Å². The van der Waals surface area contributed by atoms with Crippen LogP contribution in [0.5, 0.6) is 5.75 Å². The van der Waals surface area contributed by atoms with Crippen LogP contribution >= 0.6 is 0 Å². The van der Waals surface area contributed by atoms with Gasteiger partial charge in [-0.2, -0.15) is 0 Å². The summed E-state index contributed by atoms with van der Waals surface area (Å²) in [5, 5.41) is 3.25. The molecule has 1 aliphatic rings. The largest absolute Gasteiger partial charge is 0.496 e. The molecule has 0 saturated heterocycles. The summed E-state index contributed by atoms with van der Waals surface area (Å²) in [5.41, 5.74) is 3.89. The second-order valence-corrected chi connectivity index (χ2v) is 8.27. The SMILES string of the molecule is COc1ccccc1-c1c[nH]cc1C(=O)NC(C)C1CCC(c2ccccc2)CC1. The summed E-state index contributed by atoms with van der Waals surface area (Å²) in [7, 11) is 1.65. The number of aromatic nitrogens is 1. The highest BCUT2D eigenvalue weighted by molar-refractivity contribution is 6.01. The Balaban J connectivity index is 1.40. The molecule has 3 aromatic rings. The molecule has 0 bridgehead atoms. The van der Waals surface area contributed by atoms with E-state index in [0.717, 1.165) is 29.7 Å². The lowest BCUT2D eigenvalue weighted by atomic mass is 9.76. The first-order valence-electron chi connectivity index (χ1n) is 10.8. The minimum atomic E-state index is -0.0326. The van der Waals surface area contributed by atoms with Gasteiger partial charge in [-0.3, -0.25) is 4.79 Å². The van der Waals surface area contributed by atoms with Crippen molar-refractivity contribution in [2.75, 3.05) is 7.11 Å². The summed E-state index contributed by atoms with van der Waals surface area (Å²) >= 11 is 0. The average Bonchev–Trinajstić information content (AvgIpc) is 3.29. The number of hydrogen-bond acceptors (Lipinski definition) is 2. The van der Waals surface area contributed by atoms with Gasteiger partial charge in [0.25, 0.3) is 5.91 Å². The van der Waals surface area contributed by atoms with Gasteiger partial charge >= 0.3 is 0 Å². The molecule has 4 rings (SSSR count). The van der Waals surface area contributed by atoms with Crippen LogP contribution in [0, 0.1) is 5.92 Å². The maximum atomic E-state index is 13.1. The van der Waals surface area contributed by atoms with Crippen LogP contribution in [0.2, 0.25) is 0 Å². The minimum Gasteiger partial charge on any atom is -0.496 e. The Kier molecular flexibility index (Phi) is 6.22. The molecule has 2 N–H and O–H groups in total. The third-order valence-electron chi connectivity index (χ3n) is 6.50. The molecule has 1 amide bonds. The normalized spacial score (nSPS) is 19.8. The van der Waals surface area contributed by atoms with Crippen LogP contribution in [0.15, 0.2) is 67.0 Å². The number of ether oxygens (including phenoxy) is 1. The molecule has 1 fully saturated rings. The first-order chi connectivity index (χ1) is 14.7. The summed E-state index contributed by atoms with van der Waals surface area (Å²) in [6.45, 7) is 2.14. The van der Waals surface area contributed by atoms with Gasteiger partial charge in [0.05, 0.1) is 12.7 Å². The van der Waals surface area contributed by atoms with Crippen LogP contribution < -0.4 is 10.1 Å². The molecule has 1 unspecified atom stereocenters. The van der Waals surface area contributed by atoms with Crippen molar-refractivity contribution in [1.29, 1.82) is 0 Å². The zero-order valence-electron chi connectivity index (χ0n) is 17.7.